The van der Waals surface area contributed by atoms with Crippen molar-refractivity contribution in [2.45, 2.75) is 13.5 Å². The first-order valence-corrected chi connectivity index (χ1v) is 10.1. The Balaban J connectivity index is 1.53. The minimum Gasteiger partial charge on any atom is -0.495 e. The molecule has 31 heavy (non-hydrogen) atoms. The molecular formula is C22H18BrFN4O3. The van der Waals surface area contributed by atoms with Crippen molar-refractivity contribution < 1.29 is 18.4 Å². The van der Waals surface area contributed by atoms with Gasteiger partial charge in [-0.15, -0.1) is 0 Å². The maximum atomic E-state index is 13.5. The van der Waals surface area contributed by atoms with Crippen LogP contribution in [0.25, 0.3) is 23.0 Å². The first-order chi connectivity index (χ1) is 14.9. The number of halogens is 2. The number of aryl methyl sites for hydroxylation is 1. The Morgan fingerprint density at radius 3 is 2.87 bits per heavy atom. The van der Waals surface area contributed by atoms with Crippen molar-refractivity contribution in [1.29, 1.82) is 0 Å². The van der Waals surface area contributed by atoms with E-state index in [9.17, 15) is 9.18 Å². The Labute approximate surface area is 186 Å². The molecule has 0 bridgehead atoms. The zero-order valence-corrected chi connectivity index (χ0v) is 18.3. The van der Waals surface area contributed by atoms with Gasteiger partial charge in [0.05, 0.1) is 17.3 Å². The van der Waals surface area contributed by atoms with Crippen molar-refractivity contribution in [2.75, 3.05) is 12.4 Å². The van der Waals surface area contributed by atoms with Crippen LogP contribution in [0.5, 0.6) is 5.75 Å². The normalized spacial score (nSPS) is 10.8. The molecule has 0 fully saturated rings. The molecule has 0 saturated heterocycles. The summed E-state index contributed by atoms with van der Waals surface area (Å²) in [6, 6.07) is 13.6. The lowest BCUT2D eigenvalue weighted by atomic mass is 10.2. The Hall–Kier alpha value is -3.46. The molecule has 9 heteroatoms. The summed E-state index contributed by atoms with van der Waals surface area (Å²) in [5.41, 5.74) is 2.80. The summed E-state index contributed by atoms with van der Waals surface area (Å²) < 4.78 is 26.2. The summed E-state index contributed by atoms with van der Waals surface area (Å²) in [6.07, 6.45) is 1.75. The zero-order valence-electron chi connectivity index (χ0n) is 16.7. The molecule has 4 rings (SSSR count). The monoisotopic (exact) mass is 484 g/mol. The van der Waals surface area contributed by atoms with Gasteiger partial charge in [0.1, 0.15) is 23.8 Å². The first kappa shape index (κ1) is 20.8. The summed E-state index contributed by atoms with van der Waals surface area (Å²) >= 11 is 3.15. The third kappa shape index (κ3) is 4.51. The van der Waals surface area contributed by atoms with Gasteiger partial charge in [0.2, 0.25) is 11.7 Å². The predicted molar refractivity (Wildman–Crippen MR) is 117 cm³/mol. The molecule has 0 atom stereocenters. The predicted octanol–water partition coefficient (Wildman–Crippen LogP) is 5.06. The number of hydrogen-bond acceptors (Lipinski definition) is 5. The molecule has 0 aliphatic rings. The topological polar surface area (TPSA) is 82.2 Å². The van der Waals surface area contributed by atoms with Gasteiger partial charge < -0.3 is 19.1 Å². The van der Waals surface area contributed by atoms with Gasteiger partial charge in [-0.3, -0.25) is 4.79 Å². The zero-order chi connectivity index (χ0) is 22.0. The fourth-order valence-corrected chi connectivity index (χ4v) is 3.47. The lowest BCUT2D eigenvalue weighted by molar-refractivity contribution is -0.116. The van der Waals surface area contributed by atoms with Gasteiger partial charge >= 0.3 is 0 Å². The van der Waals surface area contributed by atoms with E-state index in [-0.39, 0.29) is 24.2 Å². The van der Waals surface area contributed by atoms with Gasteiger partial charge in [-0.25, -0.2) is 4.39 Å². The lowest BCUT2D eigenvalue weighted by Gasteiger charge is -2.12. The fourth-order valence-electron chi connectivity index (χ4n) is 3.09. The van der Waals surface area contributed by atoms with Gasteiger partial charge in [0, 0.05) is 11.8 Å². The van der Waals surface area contributed by atoms with Crippen LogP contribution in [0.15, 0.2) is 63.7 Å². The summed E-state index contributed by atoms with van der Waals surface area (Å²) in [6.45, 7) is 1.98. The number of methoxy groups -OCH3 is 1. The summed E-state index contributed by atoms with van der Waals surface area (Å²) in [5.74, 6) is 0.540. The van der Waals surface area contributed by atoms with Crippen molar-refractivity contribution in [3.8, 4) is 28.7 Å². The first-order valence-electron chi connectivity index (χ1n) is 9.33. The highest BCUT2D eigenvalue weighted by molar-refractivity contribution is 9.10. The van der Waals surface area contributed by atoms with Crippen LogP contribution in [0.1, 0.15) is 5.56 Å². The van der Waals surface area contributed by atoms with Gasteiger partial charge in [-0.2, -0.15) is 4.98 Å². The lowest BCUT2D eigenvalue weighted by Crippen LogP contribution is -2.19. The number of nitrogens with zero attached hydrogens (tertiary/aromatic N) is 3. The van der Waals surface area contributed by atoms with E-state index in [4.69, 9.17) is 9.26 Å². The molecule has 4 aromatic rings. The molecule has 0 aliphatic heterocycles. The summed E-state index contributed by atoms with van der Waals surface area (Å²) in [7, 11) is 1.55. The van der Waals surface area contributed by atoms with E-state index in [0.717, 1.165) is 5.56 Å². The third-order valence-corrected chi connectivity index (χ3v) is 5.20. The molecule has 0 unspecified atom stereocenters. The maximum Gasteiger partial charge on any atom is 0.274 e. The molecule has 0 spiro atoms. The minimum absolute atomic E-state index is 0.0409. The molecule has 2 aromatic heterocycles. The molecule has 2 heterocycles. The van der Waals surface area contributed by atoms with Gasteiger partial charge in [0.25, 0.3) is 5.89 Å². The Bertz CT molecular complexity index is 1250. The van der Waals surface area contributed by atoms with Crippen LogP contribution in [-0.2, 0) is 11.3 Å². The molecule has 1 amide bonds. The number of rotatable bonds is 6. The number of benzene rings is 2. The number of ether oxygens (including phenoxy) is 1. The van der Waals surface area contributed by atoms with Gasteiger partial charge in [-0.1, -0.05) is 11.2 Å². The summed E-state index contributed by atoms with van der Waals surface area (Å²) in [4.78, 5) is 17.0. The van der Waals surface area contributed by atoms with Crippen LogP contribution in [-0.4, -0.2) is 27.7 Å². The average Bonchev–Trinajstić information content (AvgIpc) is 3.39. The number of amides is 1. The Kier molecular flexibility index (Phi) is 5.85. The second-order valence-electron chi connectivity index (χ2n) is 6.83. The molecule has 2 aromatic carbocycles. The largest absolute Gasteiger partial charge is 0.495 e. The second kappa shape index (κ2) is 8.73. The minimum atomic E-state index is -0.377. The molecule has 1 N–H and O–H groups in total. The SMILES string of the molecule is COc1ccc(C)cc1NC(=O)Cn1cccc1-c1nc(-c2ccc(F)c(Br)c2)no1. The smallest absolute Gasteiger partial charge is 0.274 e. The van der Waals surface area contributed by atoms with Crippen molar-refractivity contribution in [3.05, 3.63) is 70.6 Å². The van der Waals surface area contributed by atoms with Crippen LogP contribution in [0.2, 0.25) is 0 Å². The maximum absolute atomic E-state index is 13.5. The van der Waals surface area contributed by atoms with E-state index in [1.165, 1.54) is 6.07 Å². The van der Waals surface area contributed by atoms with Gasteiger partial charge in [0.15, 0.2) is 0 Å². The molecule has 0 saturated carbocycles. The van der Waals surface area contributed by atoms with Crippen molar-refractivity contribution >= 4 is 27.5 Å². The standard InChI is InChI=1S/C22H18BrFN4O3/c1-13-5-8-19(30-2)17(10-13)25-20(29)12-28-9-3-4-18(28)22-26-21(27-31-22)14-6-7-16(24)15(23)11-14/h3-11H,12H2,1-2H3,(H,25,29). The Morgan fingerprint density at radius 1 is 1.26 bits per heavy atom. The van der Waals surface area contributed by atoms with Crippen molar-refractivity contribution in [1.82, 2.24) is 14.7 Å². The molecule has 158 valence electrons. The van der Waals surface area contributed by atoms with Crippen LogP contribution < -0.4 is 10.1 Å². The number of carbonyl (C=O) groups excluding carboxylic acids is 1. The highest BCUT2D eigenvalue weighted by Gasteiger charge is 2.17. The Morgan fingerprint density at radius 2 is 2.10 bits per heavy atom. The molecule has 7 nitrogen and oxygen atoms in total. The number of aromatic nitrogens is 3. The highest BCUT2D eigenvalue weighted by Crippen LogP contribution is 2.27. The van der Waals surface area contributed by atoms with Crippen molar-refractivity contribution in [2.24, 2.45) is 0 Å². The van der Waals surface area contributed by atoms with E-state index in [1.54, 1.807) is 48.2 Å². The van der Waals surface area contributed by atoms with Crippen molar-refractivity contribution in [3.63, 3.8) is 0 Å². The third-order valence-electron chi connectivity index (χ3n) is 4.60. The quantitative estimate of drug-likeness (QED) is 0.413. The van der Waals surface area contributed by atoms with E-state index < -0.39 is 0 Å². The molecule has 0 aliphatic carbocycles. The van der Waals surface area contributed by atoms with Gasteiger partial charge in [-0.05, 0) is 70.9 Å². The van der Waals surface area contributed by atoms with E-state index in [2.05, 4.69) is 31.4 Å². The number of hydrogen-bond donors (Lipinski definition) is 1. The van der Waals surface area contributed by atoms with Crippen LogP contribution in [0.4, 0.5) is 10.1 Å². The van der Waals surface area contributed by atoms with E-state index in [1.807, 2.05) is 19.1 Å². The van der Waals surface area contributed by atoms with Crippen LogP contribution >= 0.6 is 15.9 Å². The highest BCUT2D eigenvalue weighted by atomic mass is 79.9. The fraction of sp³-hybridized carbons (Fsp3) is 0.136. The van der Waals surface area contributed by atoms with Crippen LogP contribution in [0, 0.1) is 12.7 Å². The molecule has 0 radical (unpaired) electrons. The van der Waals surface area contributed by atoms with E-state index in [0.29, 0.717) is 33.0 Å². The van der Waals surface area contributed by atoms with Crippen LogP contribution in [0.3, 0.4) is 0 Å². The summed E-state index contributed by atoms with van der Waals surface area (Å²) in [5, 5.41) is 6.84. The number of anilines is 1. The number of nitrogens with one attached hydrogen (secondary N) is 1. The number of carbonyl (C=O) groups is 1. The average molecular weight is 485 g/mol. The van der Waals surface area contributed by atoms with E-state index >= 15 is 0 Å². The second-order valence-corrected chi connectivity index (χ2v) is 7.68. The molecular weight excluding hydrogens is 467 g/mol.